The van der Waals surface area contributed by atoms with Crippen LogP contribution in [0.3, 0.4) is 0 Å². The van der Waals surface area contributed by atoms with Crippen LogP contribution in [0.15, 0.2) is 87.5 Å². The second-order valence-corrected chi connectivity index (χ2v) is 16.7. The summed E-state index contributed by atoms with van der Waals surface area (Å²) in [5.41, 5.74) is 2.64. The van der Waals surface area contributed by atoms with Crippen molar-refractivity contribution < 1.29 is 63.0 Å². The van der Waals surface area contributed by atoms with Gasteiger partial charge < -0.3 is 9.44 Å². The molecule has 0 saturated heterocycles. The van der Waals surface area contributed by atoms with Crippen LogP contribution in [0.1, 0.15) is 44.4 Å². The molecule has 0 spiro atoms. The van der Waals surface area contributed by atoms with Gasteiger partial charge in [0.1, 0.15) is 20.0 Å². The Morgan fingerprint density at radius 1 is 0.511 bits per heavy atom. The largest absolute Gasteiger partial charge is 1.00 e. The van der Waals surface area contributed by atoms with Crippen LogP contribution in [0.5, 0.6) is 0 Å². The smallest absolute Gasteiger partial charge is 0.541 e. The minimum absolute atomic E-state index is 0. The molecule has 236 valence electrons. The van der Waals surface area contributed by atoms with Crippen LogP contribution in [0.4, 0.5) is 0 Å². The third kappa shape index (κ3) is 11.4. The van der Waals surface area contributed by atoms with E-state index in [4.69, 9.17) is 0 Å². The van der Waals surface area contributed by atoms with Gasteiger partial charge in [-0.3, -0.25) is 0 Å². The predicted octanol–water partition coefficient (Wildman–Crippen LogP) is 0.185. The first-order valence-corrected chi connectivity index (χ1v) is 18.4. The van der Waals surface area contributed by atoms with Crippen LogP contribution >= 0.6 is 0 Å². The molecule has 0 aliphatic carbocycles. The van der Waals surface area contributed by atoms with Crippen LogP contribution in [0.2, 0.25) is 0 Å². The SMILES string of the molecule is Cc1ccc(S(=O)(=O)[N-][C@H](CN(C[C@@H]([N-]S(=O)(=O)c2ccc(C)cc2)C(C)C)S(=O)(=O)c2ccc(C)cc2)C(C)C)cc1.[Li+].[Li+]. The van der Waals surface area contributed by atoms with E-state index in [-0.39, 0.29) is 77.3 Å². The third-order valence-electron chi connectivity index (χ3n) is 7.17. The van der Waals surface area contributed by atoms with Gasteiger partial charge in [-0.05, 0) is 70.3 Å². The van der Waals surface area contributed by atoms with Gasteiger partial charge in [-0.1, -0.05) is 92.6 Å². The molecule has 0 N–H and O–H groups in total. The maximum Gasteiger partial charge on any atom is 1.00 e. The van der Waals surface area contributed by atoms with E-state index in [1.54, 1.807) is 64.1 Å². The summed E-state index contributed by atoms with van der Waals surface area (Å²) in [6.45, 7) is 12.0. The first-order chi connectivity index (χ1) is 19.9. The predicted molar refractivity (Wildman–Crippen MR) is 171 cm³/mol. The van der Waals surface area contributed by atoms with Crippen molar-refractivity contribution in [3.63, 3.8) is 0 Å². The number of hydrogen-bond acceptors (Lipinski definition) is 6. The Kier molecular flexibility index (Phi) is 15.8. The molecule has 14 heteroatoms. The summed E-state index contributed by atoms with van der Waals surface area (Å²) in [5.74, 6) is -0.719. The molecule has 0 aliphatic heterocycles. The summed E-state index contributed by atoms with van der Waals surface area (Å²) >= 11 is 0. The molecule has 2 atom stereocenters. The van der Waals surface area contributed by atoms with Crippen molar-refractivity contribution in [2.45, 2.75) is 75.2 Å². The zero-order valence-corrected chi connectivity index (χ0v) is 30.1. The van der Waals surface area contributed by atoms with Crippen molar-refractivity contribution in [3.05, 3.63) is 98.9 Å². The van der Waals surface area contributed by atoms with Crippen LogP contribution in [-0.4, -0.2) is 54.7 Å². The maximum atomic E-state index is 14.0. The summed E-state index contributed by atoms with van der Waals surface area (Å²) in [6, 6.07) is 17.0. The van der Waals surface area contributed by atoms with E-state index in [2.05, 4.69) is 9.44 Å². The minimum atomic E-state index is -4.20. The van der Waals surface area contributed by atoms with E-state index in [0.717, 1.165) is 21.0 Å². The van der Waals surface area contributed by atoms with Gasteiger partial charge in [0.15, 0.2) is 0 Å². The van der Waals surface area contributed by atoms with E-state index in [1.807, 2.05) is 20.8 Å². The van der Waals surface area contributed by atoms with Crippen molar-refractivity contribution in [1.29, 1.82) is 0 Å². The van der Waals surface area contributed by atoms with Crippen LogP contribution in [-0.2, 0) is 30.1 Å². The minimum Gasteiger partial charge on any atom is -0.541 e. The fourth-order valence-electron chi connectivity index (χ4n) is 4.18. The monoisotopic (exact) mass is 661 g/mol. The summed E-state index contributed by atoms with van der Waals surface area (Å²) in [7, 11) is -12.4. The Labute approximate surface area is 294 Å². The molecule has 3 aromatic rings. The molecule has 0 aliphatic rings. The molecule has 0 amide bonds. The average molecular weight is 662 g/mol. The van der Waals surface area contributed by atoms with Crippen LogP contribution in [0.25, 0.3) is 9.44 Å². The average Bonchev–Trinajstić information content (AvgIpc) is 2.92. The normalized spacial score (nSPS) is 13.7. The van der Waals surface area contributed by atoms with Gasteiger partial charge in [-0.15, -0.1) is 12.1 Å². The molecular formula is C31H41Li2N3O6S3. The first-order valence-electron chi connectivity index (χ1n) is 14.1. The van der Waals surface area contributed by atoms with Gasteiger partial charge in [0.25, 0.3) is 0 Å². The molecule has 3 aromatic carbocycles. The number of aryl methyl sites for hydroxylation is 3. The van der Waals surface area contributed by atoms with Crippen LogP contribution < -0.4 is 37.7 Å². The Bertz CT molecular complexity index is 1610. The Balaban J connectivity index is 0.00000506. The number of hydrogen-bond donors (Lipinski definition) is 0. The third-order valence-corrected chi connectivity index (χ3v) is 11.8. The fourth-order valence-corrected chi connectivity index (χ4v) is 8.19. The van der Waals surface area contributed by atoms with Crippen molar-refractivity contribution in [1.82, 2.24) is 4.31 Å². The topological polar surface area (TPSA) is 134 Å². The Hall–Kier alpha value is -1.42. The molecule has 9 nitrogen and oxygen atoms in total. The maximum absolute atomic E-state index is 14.0. The van der Waals surface area contributed by atoms with Gasteiger partial charge >= 0.3 is 37.7 Å². The molecule has 0 radical (unpaired) electrons. The van der Waals surface area contributed by atoms with Crippen LogP contribution in [0, 0.1) is 32.6 Å². The van der Waals surface area contributed by atoms with Crippen molar-refractivity contribution in [2.75, 3.05) is 13.1 Å². The summed E-state index contributed by atoms with van der Waals surface area (Å²) in [5, 5.41) is 0. The molecule has 0 unspecified atom stereocenters. The van der Waals surface area contributed by atoms with Gasteiger partial charge in [0.2, 0.25) is 10.0 Å². The Morgan fingerprint density at radius 3 is 1.04 bits per heavy atom. The zero-order chi connectivity index (χ0) is 32.2. The molecule has 0 fully saturated rings. The van der Waals surface area contributed by atoms with Gasteiger partial charge in [0.05, 0.1) is 4.90 Å². The van der Waals surface area contributed by atoms with E-state index < -0.39 is 42.2 Å². The standard InChI is InChI=1S/C31H41N3O6S3.2Li/c1-22(2)30(32-41(35,36)27-14-8-24(5)9-15-27)20-34(43(39,40)29-18-12-26(7)13-19-29)21-31(23(3)4)33-42(37,38)28-16-10-25(6)11-17-28;;/h8-19,22-23,30-31H,20-21H2,1-7H3;;/q-2;2*+1/t30-,31-;;/m1../s1. The first kappa shape index (κ1) is 41.6. The van der Waals surface area contributed by atoms with Gasteiger partial charge in [0, 0.05) is 9.79 Å². The molecule has 0 aromatic heterocycles. The molecule has 0 heterocycles. The van der Waals surface area contributed by atoms with Gasteiger partial charge in [-0.2, -0.15) is 0 Å². The quantitative estimate of drug-likeness (QED) is 0.227. The zero-order valence-electron chi connectivity index (χ0n) is 27.7. The molecule has 0 saturated carbocycles. The molecule has 0 bridgehead atoms. The fraction of sp³-hybridized carbons (Fsp3) is 0.419. The van der Waals surface area contributed by atoms with E-state index in [0.29, 0.717) is 0 Å². The molecular weight excluding hydrogens is 620 g/mol. The Morgan fingerprint density at radius 2 is 0.778 bits per heavy atom. The van der Waals surface area contributed by atoms with E-state index in [1.165, 1.54) is 36.4 Å². The second kappa shape index (κ2) is 17.1. The number of rotatable bonds is 14. The van der Waals surface area contributed by atoms with Gasteiger partial charge in [-0.25, -0.2) is 29.6 Å². The van der Waals surface area contributed by atoms with Crippen molar-refractivity contribution in [2.24, 2.45) is 11.8 Å². The summed E-state index contributed by atoms with van der Waals surface area (Å²) in [4.78, 5) is 0.0257. The number of benzene rings is 3. The van der Waals surface area contributed by atoms with Crippen molar-refractivity contribution in [3.8, 4) is 0 Å². The molecule has 3 rings (SSSR count). The number of sulfonamides is 3. The second-order valence-electron chi connectivity index (χ2n) is 11.5. The number of nitrogens with zero attached hydrogens (tertiary/aromatic N) is 3. The van der Waals surface area contributed by atoms with E-state index in [9.17, 15) is 25.3 Å². The molecule has 45 heavy (non-hydrogen) atoms. The summed E-state index contributed by atoms with van der Waals surface area (Å²) < 4.78 is 90.6. The van der Waals surface area contributed by atoms with Crippen molar-refractivity contribution >= 4 is 30.1 Å². The summed E-state index contributed by atoms with van der Waals surface area (Å²) in [6.07, 6.45) is 0. The van der Waals surface area contributed by atoms with E-state index >= 15 is 0 Å².